The summed E-state index contributed by atoms with van der Waals surface area (Å²) < 4.78 is 2.15. The van der Waals surface area contributed by atoms with E-state index in [1.807, 2.05) is 6.07 Å². The fourth-order valence-corrected chi connectivity index (χ4v) is 3.24. The van der Waals surface area contributed by atoms with E-state index in [-0.39, 0.29) is 0 Å². The van der Waals surface area contributed by atoms with Crippen LogP contribution in [0.4, 0.5) is 0 Å². The van der Waals surface area contributed by atoms with Gasteiger partial charge in [0.1, 0.15) is 0 Å². The molecule has 0 fully saturated rings. The highest BCUT2D eigenvalue weighted by Gasteiger charge is 2.03. The molecule has 1 heterocycles. The summed E-state index contributed by atoms with van der Waals surface area (Å²) in [5.41, 5.74) is 1.33. The molecule has 0 aliphatic heterocycles. The van der Waals surface area contributed by atoms with E-state index < -0.39 is 0 Å². The highest BCUT2D eigenvalue weighted by molar-refractivity contribution is 7.98. The van der Waals surface area contributed by atoms with Gasteiger partial charge in [0.15, 0.2) is 0 Å². The number of benzene rings is 1. The smallest absolute Gasteiger partial charge is 0.0940 e. The first kappa shape index (κ1) is 9.38. The zero-order chi connectivity index (χ0) is 9.42. The first-order valence-corrected chi connectivity index (χ1v) is 6.36. The molecule has 1 aromatic carbocycles. The molecule has 0 N–H and O–H groups in total. The third-order valence-electron chi connectivity index (χ3n) is 2.00. The Labute approximate surface area is 90.9 Å². The minimum absolute atomic E-state index is 0.868. The average Bonchev–Trinajstić information content (AvgIpc) is 2.42. The fourth-order valence-electron chi connectivity index (χ4n) is 1.37. The van der Waals surface area contributed by atoms with Crippen LogP contribution in [0.2, 0.25) is 4.34 Å². The Morgan fingerprint density at radius 3 is 2.77 bits per heavy atom. The molecule has 13 heavy (non-hydrogen) atoms. The van der Waals surface area contributed by atoms with E-state index in [0.717, 1.165) is 4.34 Å². The summed E-state index contributed by atoms with van der Waals surface area (Å²) in [7, 11) is 0. The maximum Gasteiger partial charge on any atom is 0.0940 e. The fraction of sp³-hybridized carbons (Fsp3) is 0.200. The van der Waals surface area contributed by atoms with Gasteiger partial charge >= 0.3 is 0 Å². The predicted octanol–water partition coefficient (Wildman–Crippen LogP) is 4.59. The molecule has 0 aliphatic rings. The van der Waals surface area contributed by atoms with Gasteiger partial charge in [0.25, 0.3) is 0 Å². The first-order valence-electron chi connectivity index (χ1n) is 3.94. The monoisotopic (exact) mass is 228 g/mol. The lowest BCUT2D eigenvalue weighted by molar-refractivity contribution is 1.34. The molecular formula is C10H9ClS2. The summed E-state index contributed by atoms with van der Waals surface area (Å²) in [6.07, 6.45) is 2.10. The Kier molecular flexibility index (Phi) is 2.54. The van der Waals surface area contributed by atoms with Crippen LogP contribution in [0.15, 0.2) is 23.1 Å². The van der Waals surface area contributed by atoms with Gasteiger partial charge in [-0.2, -0.15) is 0 Å². The standard InChI is InChI=1S/C10H9ClS2/c1-6-3-7-4-10(11)13-9(7)5-8(6)12-2/h3-5H,1-2H3. The zero-order valence-electron chi connectivity index (χ0n) is 7.43. The molecule has 68 valence electrons. The Balaban J connectivity index is 2.72. The highest BCUT2D eigenvalue weighted by Crippen LogP contribution is 2.33. The van der Waals surface area contributed by atoms with Gasteiger partial charge in [0.05, 0.1) is 4.34 Å². The molecule has 2 aromatic rings. The van der Waals surface area contributed by atoms with Gasteiger partial charge in [0, 0.05) is 9.60 Å². The maximum atomic E-state index is 5.94. The Bertz CT molecular complexity index is 445. The normalized spacial score (nSPS) is 11.0. The Morgan fingerprint density at radius 1 is 1.31 bits per heavy atom. The second kappa shape index (κ2) is 3.52. The molecule has 0 saturated carbocycles. The van der Waals surface area contributed by atoms with E-state index in [9.17, 15) is 0 Å². The summed E-state index contributed by atoms with van der Waals surface area (Å²) in [4.78, 5) is 1.34. The Morgan fingerprint density at radius 2 is 2.08 bits per heavy atom. The van der Waals surface area contributed by atoms with Crippen molar-refractivity contribution in [1.82, 2.24) is 0 Å². The SMILES string of the molecule is CSc1cc2sc(Cl)cc2cc1C. The van der Waals surface area contributed by atoms with Crippen LogP contribution in [-0.4, -0.2) is 6.26 Å². The summed E-state index contributed by atoms with van der Waals surface area (Å²) in [5, 5.41) is 1.25. The van der Waals surface area contributed by atoms with E-state index in [1.165, 1.54) is 20.5 Å². The minimum Gasteiger partial charge on any atom is -0.129 e. The van der Waals surface area contributed by atoms with Crippen LogP contribution >= 0.6 is 34.7 Å². The van der Waals surface area contributed by atoms with E-state index >= 15 is 0 Å². The van der Waals surface area contributed by atoms with Crippen molar-refractivity contribution in [2.45, 2.75) is 11.8 Å². The van der Waals surface area contributed by atoms with Crippen molar-refractivity contribution < 1.29 is 0 Å². The van der Waals surface area contributed by atoms with Crippen molar-refractivity contribution in [2.24, 2.45) is 0 Å². The molecule has 3 heteroatoms. The van der Waals surface area contributed by atoms with Crippen molar-refractivity contribution >= 4 is 44.8 Å². The minimum atomic E-state index is 0.868. The van der Waals surface area contributed by atoms with Gasteiger partial charge in [-0.05, 0) is 42.3 Å². The third kappa shape index (κ3) is 1.71. The summed E-state index contributed by atoms with van der Waals surface area (Å²) >= 11 is 9.37. The largest absolute Gasteiger partial charge is 0.129 e. The quantitative estimate of drug-likeness (QED) is 0.644. The van der Waals surface area contributed by atoms with E-state index in [4.69, 9.17) is 11.6 Å². The number of rotatable bonds is 1. The first-order chi connectivity index (χ1) is 6.20. The van der Waals surface area contributed by atoms with Crippen LogP contribution in [0.5, 0.6) is 0 Å². The molecular weight excluding hydrogens is 220 g/mol. The molecule has 0 spiro atoms. The maximum absolute atomic E-state index is 5.94. The van der Waals surface area contributed by atoms with Crippen LogP contribution in [-0.2, 0) is 0 Å². The Hall–Kier alpha value is -0.180. The van der Waals surface area contributed by atoms with Crippen LogP contribution < -0.4 is 0 Å². The van der Waals surface area contributed by atoms with Crippen LogP contribution in [0.3, 0.4) is 0 Å². The number of thiophene rings is 1. The molecule has 2 rings (SSSR count). The summed E-state index contributed by atoms with van der Waals surface area (Å²) in [6.45, 7) is 2.14. The van der Waals surface area contributed by atoms with Crippen molar-refractivity contribution in [1.29, 1.82) is 0 Å². The lowest BCUT2D eigenvalue weighted by Crippen LogP contribution is -1.76. The second-order valence-electron chi connectivity index (χ2n) is 2.91. The molecule has 0 atom stereocenters. The summed E-state index contributed by atoms with van der Waals surface area (Å²) in [6, 6.07) is 6.44. The highest BCUT2D eigenvalue weighted by atomic mass is 35.5. The van der Waals surface area contributed by atoms with Gasteiger partial charge < -0.3 is 0 Å². The second-order valence-corrected chi connectivity index (χ2v) is 5.47. The van der Waals surface area contributed by atoms with Gasteiger partial charge in [-0.25, -0.2) is 0 Å². The van der Waals surface area contributed by atoms with E-state index in [2.05, 4.69) is 25.3 Å². The number of hydrogen-bond acceptors (Lipinski definition) is 2. The topological polar surface area (TPSA) is 0 Å². The molecule has 0 bridgehead atoms. The number of fused-ring (bicyclic) bond motifs is 1. The van der Waals surface area contributed by atoms with E-state index in [1.54, 1.807) is 23.1 Å². The average molecular weight is 229 g/mol. The molecule has 0 aliphatic carbocycles. The van der Waals surface area contributed by atoms with Crippen LogP contribution in [0.1, 0.15) is 5.56 Å². The lowest BCUT2D eigenvalue weighted by atomic mass is 10.2. The number of hydrogen-bond donors (Lipinski definition) is 0. The van der Waals surface area contributed by atoms with Gasteiger partial charge in [0.2, 0.25) is 0 Å². The van der Waals surface area contributed by atoms with Gasteiger partial charge in [-0.1, -0.05) is 11.6 Å². The predicted molar refractivity (Wildman–Crippen MR) is 63.4 cm³/mol. The van der Waals surface area contributed by atoms with Crippen molar-refractivity contribution in [3.63, 3.8) is 0 Å². The molecule has 0 nitrogen and oxygen atoms in total. The van der Waals surface area contributed by atoms with Crippen LogP contribution in [0.25, 0.3) is 10.1 Å². The third-order valence-corrected chi connectivity index (χ3v) is 4.11. The molecule has 0 unspecified atom stereocenters. The van der Waals surface area contributed by atoms with Gasteiger partial charge in [-0.15, -0.1) is 23.1 Å². The number of aryl methyl sites for hydroxylation is 1. The lowest BCUT2D eigenvalue weighted by Gasteiger charge is -2.01. The molecule has 0 radical (unpaired) electrons. The van der Waals surface area contributed by atoms with E-state index in [0.29, 0.717) is 0 Å². The van der Waals surface area contributed by atoms with Crippen LogP contribution in [0, 0.1) is 6.92 Å². The van der Waals surface area contributed by atoms with Crippen molar-refractivity contribution in [3.05, 3.63) is 28.1 Å². The van der Waals surface area contributed by atoms with Gasteiger partial charge in [-0.3, -0.25) is 0 Å². The van der Waals surface area contributed by atoms with Crippen molar-refractivity contribution in [2.75, 3.05) is 6.26 Å². The number of thioether (sulfide) groups is 1. The van der Waals surface area contributed by atoms with Crippen molar-refractivity contribution in [3.8, 4) is 0 Å². The number of halogens is 1. The molecule has 0 saturated heterocycles. The molecule has 1 aromatic heterocycles. The summed E-state index contributed by atoms with van der Waals surface area (Å²) in [5.74, 6) is 0. The molecule has 0 amide bonds. The zero-order valence-corrected chi connectivity index (χ0v) is 9.82.